The van der Waals surface area contributed by atoms with E-state index in [1.165, 1.54) is 6.92 Å². The molecule has 2 N–H and O–H groups in total. The Balaban J connectivity index is 1.47. The largest absolute Gasteiger partial charge is 0.462 e. The lowest BCUT2D eigenvalue weighted by Crippen LogP contribution is -2.36. The Morgan fingerprint density at radius 1 is 1.31 bits per heavy atom. The number of H-pyrrole nitrogens is 1. The number of aromatic nitrogens is 3. The van der Waals surface area contributed by atoms with E-state index in [0.717, 1.165) is 46.0 Å². The molecule has 3 unspecified atom stereocenters. The number of carbonyl (C=O) groups excluding carboxylic acids is 1. The van der Waals surface area contributed by atoms with Gasteiger partial charge in [0.2, 0.25) is 0 Å². The summed E-state index contributed by atoms with van der Waals surface area (Å²) in [4.78, 5) is 15.8. The van der Waals surface area contributed by atoms with E-state index in [1.54, 1.807) is 11.3 Å². The summed E-state index contributed by atoms with van der Waals surface area (Å²) in [6.07, 6.45) is 2.85. The zero-order valence-electron chi connectivity index (χ0n) is 14.9. The van der Waals surface area contributed by atoms with Crippen LogP contribution < -0.4 is 5.32 Å². The molecule has 3 aromatic rings. The molecule has 1 aliphatic carbocycles. The molecule has 0 saturated heterocycles. The molecule has 7 heteroatoms. The van der Waals surface area contributed by atoms with Crippen LogP contribution in [0.4, 0.5) is 5.13 Å². The predicted molar refractivity (Wildman–Crippen MR) is 103 cm³/mol. The number of aromatic amines is 1. The molecule has 0 bridgehead atoms. The fraction of sp³-hybridized carbons (Fsp3) is 0.421. The lowest BCUT2D eigenvalue weighted by Gasteiger charge is -2.33. The van der Waals surface area contributed by atoms with E-state index >= 15 is 0 Å². The molecule has 2 heterocycles. The average Bonchev–Trinajstić information content (AvgIpc) is 3.18. The quantitative estimate of drug-likeness (QED) is 0.672. The average molecular weight is 370 g/mol. The molecule has 1 aromatic carbocycles. The first-order chi connectivity index (χ1) is 12.6. The van der Waals surface area contributed by atoms with Crippen molar-refractivity contribution in [2.75, 3.05) is 5.32 Å². The maximum absolute atomic E-state index is 11.2. The molecule has 136 valence electrons. The Hall–Kier alpha value is -2.41. The summed E-state index contributed by atoms with van der Waals surface area (Å²) in [5, 5.41) is 11.9. The number of rotatable bonds is 4. The summed E-state index contributed by atoms with van der Waals surface area (Å²) >= 11 is 1.63. The van der Waals surface area contributed by atoms with Crippen LogP contribution in [0.3, 0.4) is 0 Å². The van der Waals surface area contributed by atoms with Crippen LogP contribution in [0.25, 0.3) is 21.6 Å². The highest BCUT2D eigenvalue weighted by molar-refractivity contribution is 7.22. The molecular weight excluding hydrogens is 348 g/mol. The van der Waals surface area contributed by atoms with Crippen molar-refractivity contribution in [2.24, 2.45) is 5.92 Å². The standard InChI is InChI=1S/C19H22N4O2S/c1-11-10-14(8-9-15(11)25-12(2)24)20-19-21-18-17(26-19)16(22-23-18)13-6-4-3-5-7-13/h3-7,11,14-15H,8-10H2,1-2H3,(H2,20,21,22,23). The van der Waals surface area contributed by atoms with Crippen LogP contribution >= 0.6 is 11.3 Å². The van der Waals surface area contributed by atoms with Gasteiger partial charge in [0, 0.05) is 18.5 Å². The molecule has 26 heavy (non-hydrogen) atoms. The highest BCUT2D eigenvalue weighted by atomic mass is 32.1. The predicted octanol–water partition coefficient (Wildman–Crippen LogP) is 4.22. The fourth-order valence-electron chi connectivity index (χ4n) is 3.63. The third-order valence-electron chi connectivity index (χ3n) is 4.91. The van der Waals surface area contributed by atoms with E-state index in [0.29, 0.717) is 12.0 Å². The normalized spacial score (nSPS) is 23.1. The summed E-state index contributed by atoms with van der Waals surface area (Å²) in [7, 11) is 0. The van der Waals surface area contributed by atoms with E-state index in [2.05, 4.69) is 39.6 Å². The van der Waals surface area contributed by atoms with Gasteiger partial charge >= 0.3 is 5.97 Å². The monoisotopic (exact) mass is 370 g/mol. The van der Waals surface area contributed by atoms with Crippen LogP contribution in [-0.4, -0.2) is 33.3 Å². The maximum Gasteiger partial charge on any atom is 0.302 e. The number of anilines is 1. The number of thiazole rings is 1. The molecular formula is C19H22N4O2S. The zero-order valence-corrected chi connectivity index (χ0v) is 15.7. The first kappa shape index (κ1) is 17.0. The Labute approximate surface area is 156 Å². The molecule has 0 aliphatic heterocycles. The number of hydrogen-bond donors (Lipinski definition) is 2. The highest BCUT2D eigenvalue weighted by Crippen LogP contribution is 2.35. The minimum atomic E-state index is -0.192. The Bertz CT molecular complexity index is 905. The topological polar surface area (TPSA) is 79.9 Å². The van der Waals surface area contributed by atoms with Crippen LogP contribution in [0.5, 0.6) is 0 Å². The van der Waals surface area contributed by atoms with Crippen molar-refractivity contribution in [3.05, 3.63) is 30.3 Å². The number of esters is 1. The molecule has 2 aromatic heterocycles. The van der Waals surface area contributed by atoms with Crippen molar-refractivity contribution in [2.45, 2.75) is 45.3 Å². The van der Waals surface area contributed by atoms with Crippen LogP contribution in [0.1, 0.15) is 33.1 Å². The van der Waals surface area contributed by atoms with Crippen molar-refractivity contribution in [3.63, 3.8) is 0 Å². The molecule has 0 radical (unpaired) electrons. The Kier molecular flexibility index (Phi) is 4.63. The zero-order chi connectivity index (χ0) is 18.1. The van der Waals surface area contributed by atoms with Gasteiger partial charge in [-0.05, 0) is 25.2 Å². The smallest absolute Gasteiger partial charge is 0.302 e. The van der Waals surface area contributed by atoms with Gasteiger partial charge in [-0.25, -0.2) is 0 Å². The summed E-state index contributed by atoms with van der Waals surface area (Å²) in [6, 6.07) is 10.5. The van der Waals surface area contributed by atoms with Crippen molar-refractivity contribution >= 4 is 32.8 Å². The molecule has 0 spiro atoms. The molecule has 1 saturated carbocycles. The number of nitrogens with one attached hydrogen (secondary N) is 2. The number of benzene rings is 1. The summed E-state index contributed by atoms with van der Waals surface area (Å²) in [5.74, 6) is 0.150. The second-order valence-corrected chi connectivity index (χ2v) is 7.91. The first-order valence-corrected chi connectivity index (χ1v) is 9.76. The first-order valence-electron chi connectivity index (χ1n) is 8.94. The summed E-state index contributed by atoms with van der Waals surface area (Å²) in [6.45, 7) is 3.62. The Morgan fingerprint density at radius 2 is 2.12 bits per heavy atom. The number of carbonyl (C=O) groups is 1. The van der Waals surface area contributed by atoms with Gasteiger partial charge in [-0.3, -0.25) is 9.89 Å². The molecule has 3 atom stereocenters. The summed E-state index contributed by atoms with van der Waals surface area (Å²) in [5.41, 5.74) is 2.87. The third kappa shape index (κ3) is 3.44. The third-order valence-corrected chi connectivity index (χ3v) is 5.90. The van der Waals surface area contributed by atoms with Crippen molar-refractivity contribution in [1.82, 2.24) is 15.2 Å². The number of nitrogens with zero attached hydrogens (tertiary/aromatic N) is 2. The molecule has 0 amide bonds. The molecule has 1 aliphatic rings. The molecule has 1 fully saturated rings. The van der Waals surface area contributed by atoms with Crippen molar-refractivity contribution in [3.8, 4) is 11.3 Å². The minimum absolute atomic E-state index is 0.0315. The van der Waals surface area contributed by atoms with Crippen molar-refractivity contribution < 1.29 is 9.53 Å². The second-order valence-electron chi connectivity index (χ2n) is 6.92. The minimum Gasteiger partial charge on any atom is -0.462 e. The van der Waals surface area contributed by atoms with Gasteiger partial charge in [-0.2, -0.15) is 10.1 Å². The fourth-order valence-corrected chi connectivity index (χ4v) is 4.63. The van der Waals surface area contributed by atoms with Crippen molar-refractivity contribution in [1.29, 1.82) is 0 Å². The van der Waals surface area contributed by atoms with Gasteiger partial charge in [-0.15, -0.1) is 0 Å². The SMILES string of the molecule is CC(=O)OC1CCC(Nc2nc3n[nH]c(-c4ccccc4)c3s2)CC1C. The highest BCUT2D eigenvalue weighted by Gasteiger charge is 2.30. The number of fused-ring (bicyclic) bond motifs is 1. The van der Waals surface area contributed by atoms with E-state index in [4.69, 9.17) is 4.74 Å². The van der Waals surface area contributed by atoms with E-state index in [9.17, 15) is 4.79 Å². The van der Waals surface area contributed by atoms with Crippen LogP contribution in [0, 0.1) is 5.92 Å². The molecule has 6 nitrogen and oxygen atoms in total. The maximum atomic E-state index is 11.2. The lowest BCUT2D eigenvalue weighted by molar-refractivity contribution is -0.150. The number of ether oxygens (including phenoxy) is 1. The van der Waals surface area contributed by atoms with E-state index < -0.39 is 0 Å². The summed E-state index contributed by atoms with van der Waals surface area (Å²) < 4.78 is 6.48. The Morgan fingerprint density at radius 3 is 2.85 bits per heavy atom. The van der Waals surface area contributed by atoms with Gasteiger partial charge in [0.25, 0.3) is 0 Å². The van der Waals surface area contributed by atoms with Crippen LogP contribution in [-0.2, 0) is 9.53 Å². The molecule has 4 rings (SSSR count). The van der Waals surface area contributed by atoms with Crippen LogP contribution in [0.2, 0.25) is 0 Å². The van der Waals surface area contributed by atoms with E-state index in [1.807, 2.05) is 18.2 Å². The van der Waals surface area contributed by atoms with Gasteiger partial charge in [0.15, 0.2) is 10.8 Å². The van der Waals surface area contributed by atoms with Crippen LogP contribution in [0.15, 0.2) is 30.3 Å². The van der Waals surface area contributed by atoms with Gasteiger partial charge in [0.05, 0.1) is 5.69 Å². The van der Waals surface area contributed by atoms with Gasteiger partial charge in [-0.1, -0.05) is 48.6 Å². The van der Waals surface area contributed by atoms with Gasteiger partial charge in [0.1, 0.15) is 10.8 Å². The van der Waals surface area contributed by atoms with E-state index in [-0.39, 0.29) is 12.1 Å². The number of hydrogen-bond acceptors (Lipinski definition) is 6. The second kappa shape index (κ2) is 7.07. The van der Waals surface area contributed by atoms with Gasteiger partial charge < -0.3 is 10.1 Å². The lowest BCUT2D eigenvalue weighted by atomic mass is 9.84.